The SMILES string of the molecule is CN(C)CCCN(C)c1ccc(C2=NOC(C(N)=O)C2)cc1. The summed E-state index contributed by atoms with van der Waals surface area (Å²) in [6, 6.07) is 8.13. The summed E-state index contributed by atoms with van der Waals surface area (Å²) in [7, 11) is 6.25. The van der Waals surface area contributed by atoms with Crippen LogP contribution in [0.4, 0.5) is 5.69 Å². The van der Waals surface area contributed by atoms with Crippen molar-refractivity contribution in [3.8, 4) is 0 Å². The molecule has 0 bridgehead atoms. The number of oxime groups is 1. The van der Waals surface area contributed by atoms with Crippen LogP contribution in [0.15, 0.2) is 29.4 Å². The zero-order valence-corrected chi connectivity index (χ0v) is 13.5. The van der Waals surface area contributed by atoms with Crippen LogP contribution in [0.5, 0.6) is 0 Å². The number of benzene rings is 1. The largest absolute Gasteiger partial charge is 0.382 e. The highest BCUT2D eigenvalue weighted by atomic mass is 16.6. The van der Waals surface area contributed by atoms with Crippen molar-refractivity contribution in [2.45, 2.75) is 18.9 Å². The van der Waals surface area contributed by atoms with Crippen molar-refractivity contribution >= 4 is 17.3 Å². The Morgan fingerprint density at radius 3 is 2.50 bits per heavy atom. The Hall–Kier alpha value is -2.08. The number of nitrogens with zero attached hydrogens (tertiary/aromatic N) is 3. The summed E-state index contributed by atoms with van der Waals surface area (Å²) >= 11 is 0. The lowest BCUT2D eigenvalue weighted by Gasteiger charge is -2.20. The molecule has 0 radical (unpaired) electrons. The minimum Gasteiger partial charge on any atom is -0.382 e. The predicted molar refractivity (Wildman–Crippen MR) is 88.1 cm³/mol. The quantitative estimate of drug-likeness (QED) is 0.817. The fourth-order valence-corrected chi connectivity index (χ4v) is 2.36. The number of nitrogens with two attached hydrogens (primary N) is 1. The molecule has 0 fully saturated rings. The molecule has 1 aromatic rings. The summed E-state index contributed by atoms with van der Waals surface area (Å²) in [5, 5.41) is 3.95. The summed E-state index contributed by atoms with van der Waals surface area (Å²) in [4.78, 5) is 20.5. The van der Waals surface area contributed by atoms with Crippen LogP contribution in [-0.2, 0) is 9.63 Å². The van der Waals surface area contributed by atoms with E-state index in [0.717, 1.165) is 36.5 Å². The summed E-state index contributed by atoms with van der Waals surface area (Å²) < 4.78 is 0. The molecular weight excluding hydrogens is 280 g/mol. The smallest absolute Gasteiger partial charge is 0.261 e. The summed E-state index contributed by atoms with van der Waals surface area (Å²) in [6.07, 6.45) is 0.919. The van der Waals surface area contributed by atoms with E-state index in [9.17, 15) is 4.79 Å². The van der Waals surface area contributed by atoms with Crippen LogP contribution >= 0.6 is 0 Å². The zero-order valence-electron chi connectivity index (χ0n) is 13.5. The Morgan fingerprint density at radius 1 is 1.27 bits per heavy atom. The van der Waals surface area contributed by atoms with Gasteiger partial charge in [0.25, 0.3) is 5.91 Å². The van der Waals surface area contributed by atoms with Crippen molar-refractivity contribution in [3.05, 3.63) is 29.8 Å². The molecule has 0 spiro atoms. The van der Waals surface area contributed by atoms with Gasteiger partial charge in [0.1, 0.15) is 0 Å². The van der Waals surface area contributed by atoms with Gasteiger partial charge in [0, 0.05) is 25.7 Å². The van der Waals surface area contributed by atoms with Crippen molar-refractivity contribution in [2.75, 3.05) is 39.1 Å². The van der Waals surface area contributed by atoms with Gasteiger partial charge in [-0.25, -0.2) is 0 Å². The van der Waals surface area contributed by atoms with E-state index in [2.05, 4.69) is 48.2 Å². The molecule has 22 heavy (non-hydrogen) atoms. The third kappa shape index (κ3) is 4.21. The van der Waals surface area contributed by atoms with Crippen LogP contribution in [-0.4, -0.2) is 56.9 Å². The number of hydrogen-bond acceptors (Lipinski definition) is 5. The van der Waals surface area contributed by atoms with Crippen LogP contribution in [0, 0.1) is 0 Å². The Kier molecular flexibility index (Phi) is 5.38. The van der Waals surface area contributed by atoms with Crippen LogP contribution in [0.2, 0.25) is 0 Å². The van der Waals surface area contributed by atoms with Crippen LogP contribution in [0.1, 0.15) is 18.4 Å². The highest BCUT2D eigenvalue weighted by molar-refractivity contribution is 6.04. The molecule has 1 heterocycles. The van der Waals surface area contributed by atoms with Gasteiger partial charge in [-0.3, -0.25) is 4.79 Å². The van der Waals surface area contributed by atoms with Crippen molar-refractivity contribution in [3.63, 3.8) is 0 Å². The number of anilines is 1. The first-order valence-corrected chi connectivity index (χ1v) is 7.45. The maximum Gasteiger partial charge on any atom is 0.261 e. The van der Waals surface area contributed by atoms with Gasteiger partial charge in [0.15, 0.2) is 0 Å². The lowest BCUT2D eigenvalue weighted by molar-refractivity contribution is -0.127. The minimum atomic E-state index is -0.636. The Bertz CT molecular complexity index is 540. The zero-order chi connectivity index (χ0) is 16.1. The lowest BCUT2D eigenvalue weighted by Crippen LogP contribution is -2.28. The molecule has 1 aliphatic rings. The Balaban J connectivity index is 1.92. The lowest BCUT2D eigenvalue weighted by atomic mass is 10.0. The van der Waals surface area contributed by atoms with E-state index in [1.54, 1.807) is 0 Å². The van der Waals surface area contributed by atoms with Crippen molar-refractivity contribution in [1.82, 2.24) is 4.90 Å². The van der Waals surface area contributed by atoms with Crippen LogP contribution < -0.4 is 10.6 Å². The molecule has 2 N–H and O–H groups in total. The van der Waals surface area contributed by atoms with E-state index < -0.39 is 12.0 Å². The van der Waals surface area contributed by atoms with Gasteiger partial charge in [0.2, 0.25) is 6.10 Å². The molecule has 1 aromatic carbocycles. The molecule has 0 aromatic heterocycles. The van der Waals surface area contributed by atoms with Crippen molar-refractivity contribution in [1.29, 1.82) is 0 Å². The third-order valence-electron chi connectivity index (χ3n) is 3.73. The van der Waals surface area contributed by atoms with Gasteiger partial charge in [-0.05, 0) is 44.8 Å². The van der Waals surface area contributed by atoms with E-state index in [1.807, 2.05) is 12.1 Å². The average molecular weight is 304 g/mol. The summed E-state index contributed by atoms with van der Waals surface area (Å²) in [5.41, 5.74) is 8.12. The predicted octanol–water partition coefficient (Wildman–Crippen LogP) is 1.05. The monoisotopic (exact) mass is 304 g/mol. The molecule has 6 heteroatoms. The van der Waals surface area contributed by atoms with Crippen molar-refractivity contribution < 1.29 is 9.63 Å². The first-order valence-electron chi connectivity index (χ1n) is 7.45. The van der Waals surface area contributed by atoms with Gasteiger partial charge < -0.3 is 20.4 Å². The molecule has 0 saturated heterocycles. The second kappa shape index (κ2) is 7.26. The number of rotatable bonds is 7. The fraction of sp³-hybridized carbons (Fsp3) is 0.500. The summed E-state index contributed by atoms with van der Waals surface area (Å²) in [6.45, 7) is 2.08. The van der Waals surface area contributed by atoms with Crippen molar-refractivity contribution in [2.24, 2.45) is 10.9 Å². The number of carbonyl (C=O) groups is 1. The third-order valence-corrected chi connectivity index (χ3v) is 3.73. The molecule has 6 nitrogen and oxygen atoms in total. The summed E-state index contributed by atoms with van der Waals surface area (Å²) in [5.74, 6) is -0.476. The first kappa shape index (κ1) is 16.3. The molecule has 1 unspecified atom stereocenters. The number of carbonyl (C=O) groups excluding carboxylic acids is 1. The van der Waals surface area contributed by atoms with Gasteiger partial charge >= 0.3 is 0 Å². The molecule has 1 aliphatic heterocycles. The molecule has 0 aliphatic carbocycles. The Labute approximate surface area is 131 Å². The van der Waals surface area contributed by atoms with Crippen LogP contribution in [0.3, 0.4) is 0 Å². The number of hydrogen-bond donors (Lipinski definition) is 1. The normalized spacial score (nSPS) is 17.3. The van der Waals surface area contributed by atoms with Gasteiger partial charge in [-0.2, -0.15) is 0 Å². The second-order valence-electron chi connectivity index (χ2n) is 5.86. The van der Waals surface area contributed by atoms with Gasteiger partial charge in [-0.1, -0.05) is 17.3 Å². The maximum atomic E-state index is 11.1. The molecule has 1 amide bonds. The Morgan fingerprint density at radius 2 is 1.95 bits per heavy atom. The fourth-order valence-electron chi connectivity index (χ4n) is 2.36. The average Bonchev–Trinajstić information content (AvgIpc) is 2.97. The standard InChI is InChI=1S/C16H24N4O2/c1-19(2)9-4-10-20(3)13-7-5-12(6-8-13)14-11-15(16(17)21)22-18-14/h5-8,15H,4,9-11H2,1-3H3,(H2,17,21). The highest BCUT2D eigenvalue weighted by Crippen LogP contribution is 2.20. The number of primary amides is 1. The van der Waals surface area contributed by atoms with E-state index in [4.69, 9.17) is 10.6 Å². The van der Waals surface area contributed by atoms with Gasteiger partial charge in [-0.15, -0.1) is 0 Å². The van der Waals surface area contributed by atoms with Crippen LogP contribution in [0.25, 0.3) is 0 Å². The topological polar surface area (TPSA) is 71.2 Å². The number of amides is 1. The highest BCUT2D eigenvalue weighted by Gasteiger charge is 2.26. The molecule has 1 atom stereocenters. The van der Waals surface area contributed by atoms with E-state index in [0.29, 0.717) is 6.42 Å². The van der Waals surface area contributed by atoms with E-state index >= 15 is 0 Å². The molecule has 0 saturated carbocycles. The molecule has 2 rings (SSSR count). The second-order valence-corrected chi connectivity index (χ2v) is 5.86. The van der Waals surface area contributed by atoms with E-state index in [1.165, 1.54) is 0 Å². The minimum absolute atomic E-state index is 0.438. The molecular formula is C16H24N4O2. The van der Waals surface area contributed by atoms with Gasteiger partial charge in [0.05, 0.1) is 5.71 Å². The maximum absolute atomic E-state index is 11.1. The first-order chi connectivity index (χ1) is 10.5. The molecule has 120 valence electrons. The van der Waals surface area contributed by atoms with E-state index in [-0.39, 0.29) is 0 Å².